The highest BCUT2D eigenvalue weighted by Crippen LogP contribution is 2.26. The van der Waals surface area contributed by atoms with Gasteiger partial charge in [-0.25, -0.2) is 9.97 Å². The molecular formula is C27H32N6O. The van der Waals surface area contributed by atoms with Crippen LogP contribution in [0, 0.1) is 6.92 Å². The monoisotopic (exact) mass is 456 g/mol. The third kappa shape index (κ3) is 5.04. The summed E-state index contributed by atoms with van der Waals surface area (Å²) >= 11 is 0. The minimum atomic E-state index is 0.219. The van der Waals surface area contributed by atoms with Gasteiger partial charge in [0.25, 0.3) is 0 Å². The van der Waals surface area contributed by atoms with E-state index in [1.807, 2.05) is 48.3 Å². The van der Waals surface area contributed by atoms with E-state index in [1.54, 1.807) is 0 Å². The van der Waals surface area contributed by atoms with E-state index >= 15 is 0 Å². The normalized spacial score (nSPS) is 15.5. The van der Waals surface area contributed by atoms with Crippen LogP contribution in [0.3, 0.4) is 0 Å². The van der Waals surface area contributed by atoms with Crippen molar-refractivity contribution in [2.45, 2.75) is 45.3 Å². The Bertz CT molecular complexity index is 1200. The van der Waals surface area contributed by atoms with Gasteiger partial charge in [0.1, 0.15) is 5.75 Å². The Hall–Kier alpha value is -3.45. The fraction of sp³-hybridized carbons (Fsp3) is 0.370. The molecule has 2 aromatic heterocycles. The average molecular weight is 457 g/mol. The molecule has 2 aromatic carbocycles. The van der Waals surface area contributed by atoms with Crippen LogP contribution in [0.5, 0.6) is 5.75 Å². The maximum atomic E-state index is 5.65. The molecule has 4 aromatic rings. The van der Waals surface area contributed by atoms with Gasteiger partial charge in [-0.3, -0.25) is 4.68 Å². The summed E-state index contributed by atoms with van der Waals surface area (Å²) in [5, 5.41) is 9.37. The van der Waals surface area contributed by atoms with Gasteiger partial charge in [0.2, 0.25) is 5.95 Å². The molecule has 0 spiro atoms. The lowest BCUT2D eigenvalue weighted by Crippen LogP contribution is -2.45. The topological polar surface area (TPSA) is 68.1 Å². The number of aromatic nitrogens is 4. The van der Waals surface area contributed by atoms with Crippen molar-refractivity contribution in [1.82, 2.24) is 25.1 Å². The predicted octanol–water partition coefficient (Wildman–Crippen LogP) is 4.53. The highest BCUT2D eigenvalue weighted by Gasteiger charge is 2.24. The van der Waals surface area contributed by atoms with Gasteiger partial charge in [-0.1, -0.05) is 30.3 Å². The van der Waals surface area contributed by atoms with Gasteiger partial charge in [0.05, 0.1) is 30.4 Å². The summed E-state index contributed by atoms with van der Waals surface area (Å²) in [6.07, 6.45) is 5.96. The molecule has 1 saturated heterocycles. The molecule has 7 nitrogen and oxygen atoms in total. The lowest BCUT2D eigenvalue weighted by molar-refractivity contribution is 0.338. The quantitative estimate of drug-likeness (QED) is 0.420. The molecule has 1 aliphatic heterocycles. The van der Waals surface area contributed by atoms with Crippen LogP contribution >= 0.6 is 0 Å². The molecule has 0 aliphatic carbocycles. The summed E-state index contributed by atoms with van der Waals surface area (Å²) in [5.74, 6) is 1.69. The molecular weight excluding hydrogens is 424 g/mol. The summed E-state index contributed by atoms with van der Waals surface area (Å²) in [6, 6.07) is 19.4. The number of fused-ring (bicyclic) bond motifs is 1. The molecule has 1 N–H and O–H groups in total. The minimum Gasteiger partial charge on any atom is -0.494 e. The van der Waals surface area contributed by atoms with Crippen molar-refractivity contribution >= 4 is 16.9 Å². The highest BCUT2D eigenvalue weighted by atomic mass is 16.5. The highest BCUT2D eigenvalue weighted by molar-refractivity contribution is 5.83. The number of rotatable bonds is 8. The number of ether oxygens (including phenoxy) is 1. The SMILES string of the molecule is CCOc1ccc2nc(N3CCC(N[C@H](Cn4cccn4)c4ccccc4)CC3)nc(C)c2c1. The molecule has 1 fully saturated rings. The van der Waals surface area contributed by atoms with Gasteiger partial charge in [-0.2, -0.15) is 5.10 Å². The Balaban J connectivity index is 1.26. The second-order valence-corrected chi connectivity index (χ2v) is 8.84. The number of hydrogen-bond acceptors (Lipinski definition) is 6. The number of benzene rings is 2. The maximum Gasteiger partial charge on any atom is 0.226 e. The van der Waals surface area contributed by atoms with Crippen LogP contribution in [0.25, 0.3) is 10.9 Å². The van der Waals surface area contributed by atoms with Gasteiger partial charge < -0.3 is 15.0 Å². The van der Waals surface area contributed by atoms with Crippen LogP contribution in [0.1, 0.15) is 37.1 Å². The van der Waals surface area contributed by atoms with Crippen molar-refractivity contribution < 1.29 is 4.74 Å². The summed E-state index contributed by atoms with van der Waals surface area (Å²) in [5.41, 5.74) is 3.25. The molecule has 3 heterocycles. The molecule has 34 heavy (non-hydrogen) atoms. The first-order chi connectivity index (χ1) is 16.7. The molecule has 5 rings (SSSR count). The third-order valence-corrected chi connectivity index (χ3v) is 6.50. The standard InChI is InChI=1S/C27H32N6O/c1-3-34-23-10-11-25-24(18-23)20(2)29-27(31-25)32-16-12-22(13-17-32)30-26(19-33-15-7-14-28-33)21-8-5-4-6-9-21/h4-11,14-15,18,22,26,30H,3,12-13,16-17,19H2,1-2H3/t26-/m1/s1. The lowest BCUT2D eigenvalue weighted by Gasteiger charge is -2.35. The molecule has 1 atom stereocenters. The molecule has 0 amide bonds. The van der Waals surface area contributed by atoms with E-state index < -0.39 is 0 Å². The molecule has 7 heteroatoms. The number of nitrogens with one attached hydrogen (secondary N) is 1. The fourth-order valence-electron chi connectivity index (χ4n) is 4.71. The molecule has 0 saturated carbocycles. The number of anilines is 1. The van der Waals surface area contributed by atoms with Crippen LogP contribution < -0.4 is 15.0 Å². The molecule has 0 bridgehead atoms. The molecule has 0 radical (unpaired) electrons. The number of aryl methyl sites for hydroxylation is 1. The molecule has 176 valence electrons. The largest absolute Gasteiger partial charge is 0.494 e. The van der Waals surface area contributed by atoms with Gasteiger partial charge in [0.15, 0.2) is 0 Å². The predicted molar refractivity (Wildman–Crippen MR) is 135 cm³/mol. The van der Waals surface area contributed by atoms with Crippen LogP contribution in [0.15, 0.2) is 67.0 Å². The fourth-order valence-corrected chi connectivity index (χ4v) is 4.71. The van der Waals surface area contributed by atoms with Crippen LogP contribution in [-0.2, 0) is 6.54 Å². The molecule has 0 unspecified atom stereocenters. The minimum absolute atomic E-state index is 0.219. The first-order valence-electron chi connectivity index (χ1n) is 12.1. The van der Waals surface area contributed by atoms with Crippen LogP contribution in [0.4, 0.5) is 5.95 Å². The zero-order chi connectivity index (χ0) is 23.3. The van der Waals surface area contributed by atoms with Gasteiger partial charge in [-0.05, 0) is 56.5 Å². The van der Waals surface area contributed by atoms with E-state index in [9.17, 15) is 0 Å². The number of nitrogens with zero attached hydrogens (tertiary/aromatic N) is 5. The van der Waals surface area contributed by atoms with Crippen molar-refractivity contribution in [3.63, 3.8) is 0 Å². The Labute approximate surface area is 200 Å². The van der Waals surface area contributed by atoms with Crippen molar-refractivity contribution in [1.29, 1.82) is 0 Å². The lowest BCUT2D eigenvalue weighted by atomic mass is 10.0. The van der Waals surface area contributed by atoms with Crippen molar-refractivity contribution in [3.05, 3.63) is 78.2 Å². The van der Waals surface area contributed by atoms with Crippen LogP contribution in [-0.4, -0.2) is 45.5 Å². The third-order valence-electron chi connectivity index (χ3n) is 6.50. The Kier molecular flexibility index (Phi) is 6.72. The summed E-state index contributed by atoms with van der Waals surface area (Å²) in [7, 11) is 0. The van der Waals surface area contributed by atoms with E-state index in [0.717, 1.165) is 60.8 Å². The second-order valence-electron chi connectivity index (χ2n) is 8.84. The Morgan fingerprint density at radius 3 is 2.62 bits per heavy atom. The van der Waals surface area contributed by atoms with E-state index in [0.29, 0.717) is 12.6 Å². The average Bonchev–Trinajstić information content (AvgIpc) is 3.38. The maximum absolute atomic E-state index is 5.65. The Morgan fingerprint density at radius 2 is 1.88 bits per heavy atom. The summed E-state index contributed by atoms with van der Waals surface area (Å²) in [6.45, 7) is 7.38. The zero-order valence-corrected chi connectivity index (χ0v) is 19.9. The smallest absolute Gasteiger partial charge is 0.226 e. The first kappa shape index (κ1) is 22.3. The number of hydrogen-bond donors (Lipinski definition) is 1. The van der Waals surface area contributed by atoms with Crippen molar-refractivity contribution in [3.8, 4) is 5.75 Å². The van der Waals surface area contributed by atoms with Crippen LogP contribution in [0.2, 0.25) is 0 Å². The van der Waals surface area contributed by atoms with E-state index in [1.165, 1.54) is 5.56 Å². The van der Waals surface area contributed by atoms with Gasteiger partial charge >= 0.3 is 0 Å². The zero-order valence-electron chi connectivity index (χ0n) is 19.9. The Morgan fingerprint density at radius 1 is 1.06 bits per heavy atom. The van der Waals surface area contributed by atoms with E-state index in [2.05, 4.69) is 52.6 Å². The molecule has 1 aliphatic rings. The second kappa shape index (κ2) is 10.2. The summed E-state index contributed by atoms with van der Waals surface area (Å²) < 4.78 is 7.65. The van der Waals surface area contributed by atoms with Gasteiger partial charge in [0, 0.05) is 36.9 Å². The first-order valence-corrected chi connectivity index (χ1v) is 12.1. The van der Waals surface area contributed by atoms with Crippen molar-refractivity contribution in [2.24, 2.45) is 0 Å². The van der Waals surface area contributed by atoms with Crippen molar-refractivity contribution in [2.75, 3.05) is 24.6 Å². The summed E-state index contributed by atoms with van der Waals surface area (Å²) in [4.78, 5) is 12.0. The van der Waals surface area contributed by atoms with E-state index in [-0.39, 0.29) is 6.04 Å². The number of piperidine rings is 1. The van der Waals surface area contributed by atoms with E-state index in [4.69, 9.17) is 14.7 Å². The van der Waals surface area contributed by atoms with Gasteiger partial charge in [-0.15, -0.1) is 0 Å².